The van der Waals surface area contributed by atoms with Gasteiger partial charge in [-0.1, -0.05) is 303 Å². The second-order valence-electron chi connectivity index (χ2n) is 21.1. The number of ether oxygens (including phenoxy) is 2. The van der Waals surface area contributed by atoms with E-state index < -0.39 is 51.8 Å². The summed E-state index contributed by atoms with van der Waals surface area (Å²) in [4.78, 5) is 35.3. The summed E-state index contributed by atoms with van der Waals surface area (Å²) in [5.74, 6) is -0.897. The van der Waals surface area contributed by atoms with Crippen molar-refractivity contribution in [2.24, 2.45) is 0 Å². The summed E-state index contributed by atoms with van der Waals surface area (Å²) in [5.41, 5.74) is 0. The maximum absolute atomic E-state index is 12.7. The average Bonchev–Trinajstić information content (AvgIpc) is 3.35. The van der Waals surface area contributed by atoms with Crippen molar-refractivity contribution in [2.75, 3.05) is 26.4 Å². The van der Waals surface area contributed by atoms with Crippen molar-refractivity contribution in [1.29, 1.82) is 0 Å². The van der Waals surface area contributed by atoms with Gasteiger partial charge in [0, 0.05) is 12.8 Å². The molecule has 0 aliphatic heterocycles. The van der Waals surface area contributed by atoms with Gasteiger partial charge in [0.15, 0.2) is 6.10 Å². The third kappa shape index (κ3) is 54.7. The van der Waals surface area contributed by atoms with Crippen LogP contribution in [0.4, 0.5) is 0 Å². The quantitative estimate of drug-likeness (QED) is 0.0305. The van der Waals surface area contributed by atoms with E-state index in [4.69, 9.17) is 23.6 Å². The fourth-order valence-corrected chi connectivity index (χ4v) is 10.1. The number of esters is 2. The van der Waals surface area contributed by atoms with E-state index in [0.29, 0.717) is 12.8 Å². The second kappa shape index (κ2) is 55.7. The van der Waals surface area contributed by atoms with Crippen LogP contribution in [-0.2, 0) is 32.7 Å². The molecule has 0 spiro atoms. The molecule has 0 bridgehead atoms. The highest BCUT2D eigenvalue weighted by atomic mass is 31.2. The SMILES string of the molecule is CCCCCCCCCCCCCCCCCCCCCCCCCCC(=O)OC(COC(=O)CCCCCCCCCCCCCCCCCCCCCCCCC)COP(=O)(O)OCC(O)CO. The zero-order valence-corrected chi connectivity index (χ0v) is 47.2. The number of hydrogen-bond donors (Lipinski definition) is 3. The van der Waals surface area contributed by atoms with Crippen LogP contribution in [0.1, 0.15) is 328 Å². The van der Waals surface area contributed by atoms with Gasteiger partial charge in [-0.2, -0.15) is 0 Å². The number of rotatable bonds is 59. The molecular formula is C59H117O10P. The smallest absolute Gasteiger partial charge is 0.462 e. The molecule has 0 saturated heterocycles. The number of aliphatic hydroxyl groups is 2. The Morgan fingerprint density at radius 3 is 0.886 bits per heavy atom. The Bertz CT molecular complexity index is 1120. The molecule has 0 aliphatic rings. The number of carbonyl (C=O) groups is 2. The molecule has 0 saturated carbocycles. The molecule has 10 nitrogen and oxygen atoms in total. The number of phosphoric ester groups is 1. The molecule has 3 unspecified atom stereocenters. The van der Waals surface area contributed by atoms with E-state index >= 15 is 0 Å². The summed E-state index contributed by atoms with van der Waals surface area (Å²) in [6.45, 7) is 2.48. The van der Waals surface area contributed by atoms with Crippen LogP contribution < -0.4 is 0 Å². The largest absolute Gasteiger partial charge is 0.472 e. The van der Waals surface area contributed by atoms with Gasteiger partial charge in [-0.05, 0) is 12.8 Å². The van der Waals surface area contributed by atoms with Crippen molar-refractivity contribution in [2.45, 2.75) is 341 Å². The number of unbranched alkanes of at least 4 members (excludes halogenated alkanes) is 45. The lowest BCUT2D eigenvalue weighted by molar-refractivity contribution is -0.161. The van der Waals surface area contributed by atoms with Gasteiger partial charge in [0.05, 0.1) is 19.8 Å². The molecule has 3 atom stereocenters. The van der Waals surface area contributed by atoms with Crippen LogP contribution in [0.5, 0.6) is 0 Å². The van der Waals surface area contributed by atoms with Gasteiger partial charge in [0.25, 0.3) is 0 Å². The first-order chi connectivity index (χ1) is 34.2. The zero-order chi connectivity index (χ0) is 51.1. The summed E-state index contributed by atoms with van der Waals surface area (Å²) < 4.78 is 33.0. The highest BCUT2D eigenvalue weighted by Gasteiger charge is 2.27. The van der Waals surface area contributed by atoms with E-state index in [1.54, 1.807) is 0 Å². The van der Waals surface area contributed by atoms with Gasteiger partial charge in [-0.3, -0.25) is 18.6 Å². The number of phosphoric acid groups is 1. The van der Waals surface area contributed by atoms with Crippen LogP contribution >= 0.6 is 7.82 Å². The molecule has 0 aromatic rings. The molecule has 0 amide bonds. The monoisotopic (exact) mass is 1020 g/mol. The van der Waals surface area contributed by atoms with Gasteiger partial charge in [0.1, 0.15) is 12.7 Å². The topological polar surface area (TPSA) is 149 Å². The molecule has 0 radical (unpaired) electrons. The Labute approximate surface area is 433 Å². The van der Waals surface area contributed by atoms with E-state index in [9.17, 15) is 24.2 Å². The van der Waals surface area contributed by atoms with E-state index in [1.807, 2.05) is 0 Å². The molecule has 11 heteroatoms. The van der Waals surface area contributed by atoms with Crippen LogP contribution in [0.2, 0.25) is 0 Å². The lowest BCUT2D eigenvalue weighted by Crippen LogP contribution is -2.29. The van der Waals surface area contributed by atoms with Crippen LogP contribution in [0.15, 0.2) is 0 Å². The molecule has 0 heterocycles. The Morgan fingerprint density at radius 1 is 0.371 bits per heavy atom. The molecule has 0 aromatic carbocycles. The maximum Gasteiger partial charge on any atom is 0.472 e. The van der Waals surface area contributed by atoms with Crippen molar-refractivity contribution in [3.8, 4) is 0 Å². The Balaban J connectivity index is 4.01. The standard InChI is InChI=1S/C59H117O10P/c1-3-5-7-9-11-13-15-17-19-21-23-25-27-29-31-33-35-37-39-41-43-45-47-49-51-59(63)69-57(55-68-70(64,65)67-53-56(61)52-60)54-66-58(62)50-48-46-44-42-40-38-36-34-32-30-28-26-24-22-20-18-16-14-12-10-8-6-4-2/h56-57,60-61H,3-55H2,1-2H3,(H,64,65). The van der Waals surface area contributed by atoms with Crippen molar-refractivity contribution >= 4 is 19.8 Å². The lowest BCUT2D eigenvalue weighted by atomic mass is 10.0. The van der Waals surface area contributed by atoms with E-state index in [0.717, 1.165) is 32.1 Å². The van der Waals surface area contributed by atoms with Gasteiger partial charge in [-0.25, -0.2) is 4.57 Å². The molecular weight excluding hydrogens is 900 g/mol. The average molecular weight is 1020 g/mol. The number of aliphatic hydroxyl groups excluding tert-OH is 2. The van der Waals surface area contributed by atoms with Crippen LogP contribution in [0.3, 0.4) is 0 Å². The fraction of sp³-hybridized carbons (Fsp3) is 0.966. The van der Waals surface area contributed by atoms with E-state index in [1.165, 1.54) is 257 Å². The minimum absolute atomic E-state index is 0.194. The van der Waals surface area contributed by atoms with Crippen molar-refractivity contribution < 1.29 is 47.8 Å². The summed E-state index contributed by atoms with van der Waals surface area (Å²) in [7, 11) is -4.62. The molecule has 0 fully saturated rings. The van der Waals surface area contributed by atoms with E-state index in [-0.39, 0.29) is 19.4 Å². The van der Waals surface area contributed by atoms with Crippen molar-refractivity contribution in [3.05, 3.63) is 0 Å². The van der Waals surface area contributed by atoms with Crippen molar-refractivity contribution in [1.82, 2.24) is 0 Å². The summed E-state index contributed by atoms with van der Waals surface area (Å²) in [6.07, 6.45) is 59.5. The van der Waals surface area contributed by atoms with Crippen LogP contribution in [0, 0.1) is 0 Å². The number of carbonyl (C=O) groups excluding carboxylic acids is 2. The predicted molar refractivity (Wildman–Crippen MR) is 293 cm³/mol. The second-order valence-corrected chi connectivity index (χ2v) is 22.6. The lowest BCUT2D eigenvalue weighted by Gasteiger charge is -2.20. The van der Waals surface area contributed by atoms with Crippen LogP contribution in [-0.4, -0.2) is 65.7 Å². The summed E-state index contributed by atoms with van der Waals surface area (Å²) in [5, 5.41) is 18.5. The first-order valence-electron chi connectivity index (χ1n) is 30.5. The van der Waals surface area contributed by atoms with E-state index in [2.05, 4.69) is 13.8 Å². The Hall–Kier alpha value is -1.03. The normalized spacial score (nSPS) is 13.4. The molecule has 418 valence electrons. The molecule has 3 N–H and O–H groups in total. The fourth-order valence-electron chi connectivity index (χ4n) is 9.35. The van der Waals surface area contributed by atoms with Gasteiger partial charge in [0.2, 0.25) is 0 Å². The molecule has 0 aliphatic carbocycles. The van der Waals surface area contributed by atoms with Gasteiger partial charge in [-0.15, -0.1) is 0 Å². The van der Waals surface area contributed by atoms with Crippen LogP contribution in [0.25, 0.3) is 0 Å². The minimum Gasteiger partial charge on any atom is -0.462 e. The molecule has 0 rings (SSSR count). The van der Waals surface area contributed by atoms with Gasteiger partial charge < -0.3 is 24.6 Å². The highest BCUT2D eigenvalue weighted by molar-refractivity contribution is 7.47. The highest BCUT2D eigenvalue weighted by Crippen LogP contribution is 2.43. The summed E-state index contributed by atoms with van der Waals surface area (Å²) >= 11 is 0. The Morgan fingerprint density at radius 2 is 0.614 bits per heavy atom. The predicted octanol–water partition coefficient (Wildman–Crippen LogP) is 18.1. The minimum atomic E-state index is -4.62. The molecule has 0 aromatic heterocycles. The third-order valence-electron chi connectivity index (χ3n) is 14.0. The first kappa shape index (κ1) is 69.0. The third-order valence-corrected chi connectivity index (χ3v) is 15.0. The zero-order valence-electron chi connectivity index (χ0n) is 46.3. The van der Waals surface area contributed by atoms with Gasteiger partial charge >= 0.3 is 19.8 Å². The molecule has 70 heavy (non-hydrogen) atoms. The summed E-state index contributed by atoms with van der Waals surface area (Å²) in [6, 6.07) is 0. The maximum atomic E-state index is 12.7. The van der Waals surface area contributed by atoms with Crippen molar-refractivity contribution in [3.63, 3.8) is 0 Å². The first-order valence-corrected chi connectivity index (χ1v) is 32.0. The number of hydrogen-bond acceptors (Lipinski definition) is 9. The Kier molecular flexibility index (Phi) is 54.9.